The van der Waals surface area contributed by atoms with Crippen molar-refractivity contribution in [2.75, 3.05) is 6.61 Å². The van der Waals surface area contributed by atoms with Crippen LogP contribution >= 0.6 is 11.6 Å². The largest absolute Gasteiger partial charge is 0.458 e. The average Bonchev–Trinajstić information content (AvgIpc) is 2.93. The number of hydrogen-bond acceptors (Lipinski definition) is 7. The van der Waals surface area contributed by atoms with E-state index in [0.29, 0.717) is 0 Å². The normalized spacial score (nSPS) is 48.8. The number of aliphatic hydroxyl groups is 3. The number of esters is 1. The SMILES string of the molecule is CC(=O)OC1C[C@H]2[C@@H]3C[C@@H](C)[C@](O)(C(=O)CO)[C@@]3(C)C[C@H](O)[C@]2(F)[C@@]2(C)C=CC(=O)C(Cl)=C12. The summed E-state index contributed by atoms with van der Waals surface area (Å²) in [4.78, 5) is 37.0. The molecule has 9 heteroatoms. The van der Waals surface area contributed by atoms with E-state index in [2.05, 4.69) is 0 Å². The quantitative estimate of drug-likeness (QED) is 0.524. The first kappa shape index (κ1) is 24.5. The van der Waals surface area contributed by atoms with Gasteiger partial charge in [0.25, 0.3) is 0 Å². The highest BCUT2D eigenvalue weighted by Gasteiger charge is 2.77. The molecule has 0 aromatic rings. The molecule has 0 heterocycles. The van der Waals surface area contributed by atoms with Crippen molar-refractivity contribution in [1.82, 2.24) is 0 Å². The summed E-state index contributed by atoms with van der Waals surface area (Å²) in [6.07, 6.45) is -0.0791. The first-order chi connectivity index (χ1) is 15.2. The van der Waals surface area contributed by atoms with Gasteiger partial charge in [0, 0.05) is 29.2 Å². The molecule has 0 saturated heterocycles. The van der Waals surface area contributed by atoms with Gasteiger partial charge in [0.05, 0.1) is 11.1 Å². The van der Waals surface area contributed by atoms with Crippen molar-refractivity contribution in [3.63, 3.8) is 0 Å². The van der Waals surface area contributed by atoms with Crippen LogP contribution in [0.15, 0.2) is 22.8 Å². The minimum Gasteiger partial charge on any atom is -0.458 e. The van der Waals surface area contributed by atoms with Crippen molar-refractivity contribution in [3.05, 3.63) is 22.8 Å². The number of halogens is 2. The standard InChI is InChI=1S/C24H30ClFO7/c1-11-7-13-14-8-16(33-12(2)28)19-20(25)15(29)5-6-21(19,3)23(14,26)17(30)9-22(13,4)24(11,32)18(31)10-27/h5-6,11,13-14,16-17,27,30,32H,7-10H2,1-4H3/t11-,13+,14+,16?,17+,21+,22+,23+,24+/m1/s1. The van der Waals surface area contributed by atoms with Crippen molar-refractivity contribution in [1.29, 1.82) is 0 Å². The molecule has 7 nitrogen and oxygen atoms in total. The van der Waals surface area contributed by atoms with Crippen LogP contribution in [0.5, 0.6) is 0 Å². The molecule has 3 saturated carbocycles. The van der Waals surface area contributed by atoms with Gasteiger partial charge in [-0.05, 0) is 44.1 Å². The third-order valence-electron chi connectivity index (χ3n) is 9.18. The zero-order valence-electron chi connectivity index (χ0n) is 19.1. The highest BCUT2D eigenvalue weighted by Crippen LogP contribution is 2.71. The number of carbonyl (C=O) groups is 3. The molecule has 0 bridgehead atoms. The van der Waals surface area contributed by atoms with Crippen LogP contribution < -0.4 is 0 Å². The molecule has 4 aliphatic carbocycles. The van der Waals surface area contributed by atoms with Gasteiger partial charge in [-0.1, -0.05) is 31.5 Å². The number of ketones is 2. The molecule has 182 valence electrons. The Labute approximate surface area is 196 Å². The topological polar surface area (TPSA) is 121 Å². The number of carbonyl (C=O) groups excluding carboxylic acids is 3. The Kier molecular flexibility index (Phi) is 5.53. The fraction of sp³-hybridized carbons (Fsp3) is 0.708. The third-order valence-corrected chi connectivity index (χ3v) is 9.57. The highest BCUT2D eigenvalue weighted by molar-refractivity contribution is 6.45. The van der Waals surface area contributed by atoms with E-state index in [1.165, 1.54) is 26.0 Å². The zero-order chi connectivity index (χ0) is 24.7. The van der Waals surface area contributed by atoms with Gasteiger partial charge in [0.15, 0.2) is 17.2 Å². The van der Waals surface area contributed by atoms with Gasteiger partial charge in [-0.3, -0.25) is 14.4 Å². The second kappa shape index (κ2) is 7.44. The Bertz CT molecular complexity index is 993. The maximum Gasteiger partial charge on any atom is 0.303 e. The van der Waals surface area contributed by atoms with Gasteiger partial charge in [-0.25, -0.2) is 4.39 Å². The van der Waals surface area contributed by atoms with Gasteiger partial charge < -0.3 is 20.1 Å². The first-order valence-electron chi connectivity index (χ1n) is 11.2. The molecule has 0 aromatic heterocycles. The van der Waals surface area contributed by atoms with Crippen LogP contribution in [0.1, 0.15) is 47.0 Å². The Hall–Kier alpha value is -1.61. The number of aliphatic hydroxyl groups excluding tert-OH is 2. The number of ether oxygens (including phenoxy) is 1. The van der Waals surface area contributed by atoms with Crippen molar-refractivity contribution < 1.29 is 38.8 Å². The molecule has 33 heavy (non-hydrogen) atoms. The van der Waals surface area contributed by atoms with E-state index in [-0.39, 0.29) is 29.9 Å². The average molecular weight is 485 g/mol. The summed E-state index contributed by atoms with van der Waals surface area (Å²) in [5.41, 5.74) is -6.89. The molecule has 1 unspecified atom stereocenters. The van der Waals surface area contributed by atoms with Crippen LogP contribution in [0.3, 0.4) is 0 Å². The zero-order valence-corrected chi connectivity index (χ0v) is 19.9. The predicted octanol–water partition coefficient (Wildman–Crippen LogP) is 2.00. The van der Waals surface area contributed by atoms with E-state index in [1.807, 2.05) is 0 Å². The van der Waals surface area contributed by atoms with Crippen molar-refractivity contribution in [2.24, 2.45) is 28.6 Å². The summed E-state index contributed by atoms with van der Waals surface area (Å²) >= 11 is 6.34. The number of alkyl halides is 1. The van der Waals surface area contributed by atoms with E-state index in [1.54, 1.807) is 13.8 Å². The van der Waals surface area contributed by atoms with E-state index in [9.17, 15) is 29.7 Å². The van der Waals surface area contributed by atoms with Crippen molar-refractivity contribution >= 4 is 29.1 Å². The Balaban J connectivity index is 1.92. The molecule has 0 aliphatic heterocycles. The Morgan fingerprint density at radius 2 is 1.91 bits per heavy atom. The molecule has 0 radical (unpaired) electrons. The van der Waals surface area contributed by atoms with Crippen LogP contribution in [0, 0.1) is 28.6 Å². The lowest BCUT2D eigenvalue weighted by atomic mass is 9.44. The summed E-state index contributed by atoms with van der Waals surface area (Å²) < 4.78 is 22.9. The van der Waals surface area contributed by atoms with Gasteiger partial charge >= 0.3 is 5.97 Å². The summed E-state index contributed by atoms with van der Waals surface area (Å²) in [5.74, 6) is -4.00. The molecule has 0 aromatic carbocycles. The van der Waals surface area contributed by atoms with Crippen LogP contribution in [-0.2, 0) is 19.1 Å². The molecular formula is C24H30ClFO7. The van der Waals surface area contributed by atoms with Gasteiger partial charge in [0.1, 0.15) is 18.3 Å². The summed E-state index contributed by atoms with van der Waals surface area (Å²) in [6, 6.07) is 0. The molecule has 3 N–H and O–H groups in total. The van der Waals surface area contributed by atoms with Crippen molar-refractivity contribution in [2.45, 2.75) is 70.4 Å². The van der Waals surface area contributed by atoms with Crippen LogP contribution in [0.4, 0.5) is 4.39 Å². The number of rotatable bonds is 3. The van der Waals surface area contributed by atoms with Gasteiger partial charge in [-0.2, -0.15) is 0 Å². The van der Waals surface area contributed by atoms with Gasteiger partial charge in [0.2, 0.25) is 0 Å². The maximum absolute atomic E-state index is 17.4. The van der Waals surface area contributed by atoms with Crippen LogP contribution in [0.2, 0.25) is 0 Å². The number of allylic oxidation sites excluding steroid dienone is 3. The summed E-state index contributed by atoms with van der Waals surface area (Å²) in [6.45, 7) is 5.20. The molecular weight excluding hydrogens is 455 g/mol. The van der Waals surface area contributed by atoms with Crippen LogP contribution in [-0.4, -0.2) is 62.9 Å². The van der Waals surface area contributed by atoms with Crippen LogP contribution in [0.25, 0.3) is 0 Å². The maximum atomic E-state index is 17.4. The fourth-order valence-corrected chi connectivity index (χ4v) is 8.06. The molecule has 0 spiro atoms. The summed E-state index contributed by atoms with van der Waals surface area (Å²) in [5, 5.41) is 32.2. The molecule has 4 aliphatic rings. The molecule has 0 amide bonds. The Morgan fingerprint density at radius 1 is 1.27 bits per heavy atom. The minimum atomic E-state index is -2.30. The second-order valence-corrected chi connectivity index (χ2v) is 10.9. The van der Waals surface area contributed by atoms with Gasteiger partial charge in [-0.15, -0.1) is 0 Å². The monoisotopic (exact) mass is 484 g/mol. The fourth-order valence-electron chi connectivity index (χ4n) is 7.68. The second-order valence-electron chi connectivity index (χ2n) is 10.6. The number of hydrogen-bond donors (Lipinski definition) is 3. The number of Topliss-reactive ketones (excluding diaryl/α,β-unsaturated/α-hetero) is 1. The predicted molar refractivity (Wildman–Crippen MR) is 116 cm³/mol. The lowest BCUT2D eigenvalue weighted by Gasteiger charge is -2.63. The molecule has 4 rings (SSSR count). The first-order valence-corrected chi connectivity index (χ1v) is 11.6. The van der Waals surface area contributed by atoms with Crippen molar-refractivity contribution in [3.8, 4) is 0 Å². The lowest BCUT2D eigenvalue weighted by molar-refractivity contribution is -0.228. The Morgan fingerprint density at radius 3 is 2.48 bits per heavy atom. The summed E-state index contributed by atoms with van der Waals surface area (Å²) in [7, 11) is 0. The van der Waals surface area contributed by atoms with E-state index >= 15 is 4.39 Å². The smallest absolute Gasteiger partial charge is 0.303 e. The third kappa shape index (κ3) is 2.81. The number of fused-ring (bicyclic) bond motifs is 5. The van der Waals surface area contributed by atoms with E-state index < -0.39 is 76.2 Å². The van der Waals surface area contributed by atoms with E-state index in [0.717, 1.165) is 0 Å². The minimum absolute atomic E-state index is 0.0637. The van der Waals surface area contributed by atoms with E-state index in [4.69, 9.17) is 16.3 Å². The lowest BCUT2D eigenvalue weighted by Crippen LogP contribution is -2.71. The molecule has 3 fully saturated rings. The highest BCUT2D eigenvalue weighted by atomic mass is 35.5. The molecule has 9 atom stereocenters.